The lowest BCUT2D eigenvalue weighted by atomic mass is 9.89. The highest BCUT2D eigenvalue weighted by Crippen LogP contribution is 2.38. The molecule has 2 rings (SSSR count). The highest BCUT2D eigenvalue weighted by atomic mass is 32.2. The minimum absolute atomic E-state index is 0.275. The quantitative estimate of drug-likeness (QED) is 0.766. The Morgan fingerprint density at radius 3 is 3.00 bits per heavy atom. The Balaban J connectivity index is 2.40. The highest BCUT2D eigenvalue weighted by molar-refractivity contribution is 7.99. The van der Waals surface area contributed by atoms with Gasteiger partial charge in [-0.05, 0) is 37.7 Å². The van der Waals surface area contributed by atoms with Crippen molar-refractivity contribution in [3.63, 3.8) is 0 Å². The maximum atomic E-state index is 6.01. The maximum Gasteiger partial charge on any atom is 0.0110 e. The molecule has 1 aliphatic rings. The largest absolute Gasteiger partial charge is 0.327 e. The van der Waals surface area contributed by atoms with E-state index in [1.54, 1.807) is 0 Å². The van der Waals surface area contributed by atoms with E-state index in [0.717, 1.165) is 0 Å². The summed E-state index contributed by atoms with van der Waals surface area (Å²) < 4.78 is 0. The van der Waals surface area contributed by atoms with Gasteiger partial charge in [-0.25, -0.2) is 0 Å². The van der Waals surface area contributed by atoms with Gasteiger partial charge in [-0.1, -0.05) is 17.7 Å². The van der Waals surface area contributed by atoms with E-state index in [-0.39, 0.29) is 6.04 Å². The molecule has 14 heavy (non-hydrogen) atoms. The van der Waals surface area contributed by atoms with Crippen LogP contribution in [0.1, 0.15) is 30.4 Å². The van der Waals surface area contributed by atoms with Gasteiger partial charge in [0.25, 0.3) is 0 Å². The van der Waals surface area contributed by atoms with Crippen molar-refractivity contribution in [1.82, 2.24) is 0 Å². The SMILES string of the molecule is Cc1ccc2c(c1)SCCC2C(C)N. The Labute approximate surface area is 90.1 Å². The van der Waals surface area contributed by atoms with Gasteiger partial charge in [0.05, 0.1) is 0 Å². The second kappa shape index (κ2) is 3.95. The van der Waals surface area contributed by atoms with Crippen LogP contribution in [0, 0.1) is 6.92 Å². The van der Waals surface area contributed by atoms with Crippen LogP contribution in [-0.4, -0.2) is 11.8 Å². The van der Waals surface area contributed by atoms with Gasteiger partial charge in [-0.2, -0.15) is 0 Å². The smallest absolute Gasteiger partial charge is 0.0110 e. The van der Waals surface area contributed by atoms with Gasteiger partial charge >= 0.3 is 0 Å². The van der Waals surface area contributed by atoms with Gasteiger partial charge < -0.3 is 5.73 Å². The van der Waals surface area contributed by atoms with Crippen LogP contribution in [0.3, 0.4) is 0 Å². The van der Waals surface area contributed by atoms with Crippen molar-refractivity contribution in [3.05, 3.63) is 29.3 Å². The van der Waals surface area contributed by atoms with Crippen molar-refractivity contribution < 1.29 is 0 Å². The standard InChI is InChI=1S/C12H17NS/c1-8-3-4-11-10(9(2)13)5-6-14-12(11)7-8/h3-4,7,9-10H,5-6,13H2,1-2H3. The van der Waals surface area contributed by atoms with Gasteiger partial charge in [-0.15, -0.1) is 11.8 Å². The van der Waals surface area contributed by atoms with E-state index in [0.29, 0.717) is 5.92 Å². The number of benzene rings is 1. The summed E-state index contributed by atoms with van der Waals surface area (Å²) in [5.74, 6) is 1.77. The van der Waals surface area contributed by atoms with Crippen molar-refractivity contribution >= 4 is 11.8 Å². The third kappa shape index (κ3) is 1.82. The first-order chi connectivity index (χ1) is 6.68. The van der Waals surface area contributed by atoms with Crippen LogP contribution in [0.2, 0.25) is 0 Å². The Kier molecular flexibility index (Phi) is 2.84. The molecule has 1 heterocycles. The molecule has 0 fully saturated rings. The van der Waals surface area contributed by atoms with Crippen LogP contribution in [-0.2, 0) is 0 Å². The molecule has 1 aromatic rings. The van der Waals surface area contributed by atoms with E-state index in [1.807, 2.05) is 11.8 Å². The first kappa shape index (κ1) is 10.1. The molecule has 1 aromatic carbocycles. The molecule has 1 aliphatic heterocycles. The molecule has 0 aliphatic carbocycles. The Bertz CT molecular complexity index is 333. The molecule has 2 unspecified atom stereocenters. The van der Waals surface area contributed by atoms with Crippen LogP contribution >= 0.6 is 11.8 Å². The molecule has 76 valence electrons. The number of fused-ring (bicyclic) bond motifs is 1. The predicted molar refractivity (Wildman–Crippen MR) is 62.9 cm³/mol. The van der Waals surface area contributed by atoms with Crippen LogP contribution < -0.4 is 5.73 Å². The fourth-order valence-corrected chi connectivity index (χ4v) is 3.32. The average Bonchev–Trinajstić information content (AvgIpc) is 2.16. The molecule has 1 nitrogen and oxygen atoms in total. The minimum Gasteiger partial charge on any atom is -0.327 e. The van der Waals surface area contributed by atoms with Crippen LogP contribution in [0.15, 0.2) is 23.1 Å². The summed E-state index contributed by atoms with van der Waals surface area (Å²) in [6, 6.07) is 7.01. The summed E-state index contributed by atoms with van der Waals surface area (Å²) in [5.41, 5.74) is 8.82. The third-order valence-electron chi connectivity index (χ3n) is 2.89. The zero-order valence-electron chi connectivity index (χ0n) is 8.79. The molecular weight excluding hydrogens is 190 g/mol. The topological polar surface area (TPSA) is 26.0 Å². The second-order valence-corrected chi connectivity index (χ2v) is 5.28. The maximum absolute atomic E-state index is 6.01. The van der Waals surface area contributed by atoms with Gasteiger partial charge in [0.1, 0.15) is 0 Å². The zero-order valence-corrected chi connectivity index (χ0v) is 9.60. The van der Waals surface area contributed by atoms with E-state index < -0.39 is 0 Å². The van der Waals surface area contributed by atoms with Crippen molar-refractivity contribution in [1.29, 1.82) is 0 Å². The third-order valence-corrected chi connectivity index (χ3v) is 3.99. The summed E-state index contributed by atoms with van der Waals surface area (Å²) in [6.07, 6.45) is 1.22. The molecule has 0 saturated carbocycles. The van der Waals surface area contributed by atoms with E-state index in [9.17, 15) is 0 Å². The van der Waals surface area contributed by atoms with Gasteiger partial charge in [0, 0.05) is 16.9 Å². The van der Waals surface area contributed by atoms with Crippen LogP contribution in [0.25, 0.3) is 0 Å². The van der Waals surface area contributed by atoms with E-state index in [1.165, 1.54) is 28.2 Å². The number of nitrogens with two attached hydrogens (primary N) is 1. The Morgan fingerprint density at radius 1 is 1.50 bits per heavy atom. The molecule has 0 saturated heterocycles. The number of rotatable bonds is 1. The lowest BCUT2D eigenvalue weighted by molar-refractivity contribution is 0.542. The Hall–Kier alpha value is -0.470. The molecule has 2 N–H and O–H groups in total. The van der Waals surface area contributed by atoms with Crippen molar-refractivity contribution in [2.24, 2.45) is 5.73 Å². The average molecular weight is 207 g/mol. The van der Waals surface area contributed by atoms with Crippen molar-refractivity contribution in [3.8, 4) is 0 Å². The lowest BCUT2D eigenvalue weighted by Crippen LogP contribution is -2.27. The fourth-order valence-electron chi connectivity index (χ4n) is 2.07. The monoisotopic (exact) mass is 207 g/mol. The molecule has 0 bridgehead atoms. The summed E-state index contributed by atoms with van der Waals surface area (Å²) in [6.45, 7) is 4.26. The van der Waals surface area contributed by atoms with Gasteiger partial charge in [0.15, 0.2) is 0 Å². The molecule has 0 spiro atoms. The van der Waals surface area contributed by atoms with E-state index in [2.05, 4.69) is 32.0 Å². The molecule has 2 heteroatoms. The van der Waals surface area contributed by atoms with Crippen LogP contribution in [0.5, 0.6) is 0 Å². The number of aryl methyl sites for hydroxylation is 1. The normalized spacial score (nSPS) is 22.9. The lowest BCUT2D eigenvalue weighted by Gasteiger charge is -2.28. The van der Waals surface area contributed by atoms with Gasteiger partial charge in [-0.3, -0.25) is 0 Å². The second-order valence-electron chi connectivity index (χ2n) is 4.14. The van der Waals surface area contributed by atoms with Gasteiger partial charge in [0.2, 0.25) is 0 Å². The Morgan fingerprint density at radius 2 is 2.29 bits per heavy atom. The summed E-state index contributed by atoms with van der Waals surface area (Å²) in [5, 5.41) is 0. The predicted octanol–water partition coefficient (Wildman–Crippen LogP) is 2.92. The summed E-state index contributed by atoms with van der Waals surface area (Å²) >= 11 is 1.97. The van der Waals surface area contributed by atoms with Crippen LogP contribution in [0.4, 0.5) is 0 Å². The van der Waals surface area contributed by atoms with E-state index in [4.69, 9.17) is 5.73 Å². The van der Waals surface area contributed by atoms with Crippen molar-refractivity contribution in [2.75, 3.05) is 5.75 Å². The first-order valence-electron chi connectivity index (χ1n) is 5.17. The first-order valence-corrected chi connectivity index (χ1v) is 6.16. The summed E-state index contributed by atoms with van der Waals surface area (Å²) in [7, 11) is 0. The van der Waals surface area contributed by atoms with Crippen molar-refractivity contribution in [2.45, 2.75) is 37.1 Å². The molecule has 0 aromatic heterocycles. The number of thioether (sulfide) groups is 1. The van der Waals surface area contributed by atoms with E-state index >= 15 is 0 Å². The molecular formula is C12H17NS. The molecule has 0 radical (unpaired) electrons. The molecule has 2 atom stereocenters. The highest BCUT2D eigenvalue weighted by Gasteiger charge is 2.23. The minimum atomic E-state index is 0.275. The summed E-state index contributed by atoms with van der Waals surface area (Å²) in [4.78, 5) is 1.44. The number of hydrogen-bond donors (Lipinski definition) is 1. The fraction of sp³-hybridized carbons (Fsp3) is 0.500. The number of hydrogen-bond acceptors (Lipinski definition) is 2. The zero-order chi connectivity index (χ0) is 10.1. The molecule has 0 amide bonds.